The molecule has 1 N–H and O–H groups in total. The van der Waals surface area contributed by atoms with Gasteiger partial charge < -0.3 is 10.1 Å². The van der Waals surface area contributed by atoms with E-state index >= 15 is 0 Å². The number of benzene rings is 1. The summed E-state index contributed by atoms with van der Waals surface area (Å²) in [5.74, 6) is 2.60. The minimum absolute atomic E-state index is 0.439. The molecule has 2 bridgehead atoms. The third kappa shape index (κ3) is 2.41. The van der Waals surface area contributed by atoms with Crippen molar-refractivity contribution in [2.45, 2.75) is 75.7 Å². The smallest absolute Gasteiger partial charge is 0.138 e. The summed E-state index contributed by atoms with van der Waals surface area (Å²) in [5.41, 5.74) is 3.66. The molecule has 1 aliphatic heterocycles. The van der Waals surface area contributed by atoms with E-state index in [1.165, 1.54) is 70.8 Å². The Balaban J connectivity index is 1.44. The van der Waals surface area contributed by atoms with E-state index in [0.29, 0.717) is 17.4 Å². The van der Waals surface area contributed by atoms with Crippen LogP contribution in [0.5, 0.6) is 5.75 Å². The first-order valence-corrected chi connectivity index (χ1v) is 10.2. The van der Waals surface area contributed by atoms with Gasteiger partial charge in [-0.1, -0.05) is 31.7 Å². The Kier molecular flexibility index (Phi) is 3.85. The summed E-state index contributed by atoms with van der Waals surface area (Å²) in [6.07, 6.45) is 13.5. The van der Waals surface area contributed by atoms with Gasteiger partial charge in [0.1, 0.15) is 12.4 Å². The molecule has 2 saturated carbocycles. The van der Waals surface area contributed by atoms with Gasteiger partial charge in [0, 0.05) is 11.5 Å². The van der Waals surface area contributed by atoms with Crippen LogP contribution in [0.25, 0.3) is 0 Å². The Morgan fingerprint density at radius 3 is 2.83 bits per heavy atom. The zero-order chi connectivity index (χ0) is 16.0. The molecule has 0 spiro atoms. The van der Waals surface area contributed by atoms with Gasteiger partial charge in [-0.05, 0) is 80.2 Å². The van der Waals surface area contributed by atoms with Crippen LogP contribution in [0.15, 0.2) is 18.2 Å². The van der Waals surface area contributed by atoms with Crippen molar-refractivity contribution in [1.29, 1.82) is 0 Å². The van der Waals surface area contributed by atoms with E-state index in [4.69, 9.17) is 4.74 Å². The summed E-state index contributed by atoms with van der Waals surface area (Å²) in [7, 11) is 0. The lowest BCUT2D eigenvalue weighted by molar-refractivity contribution is 0.0795. The van der Waals surface area contributed by atoms with E-state index in [9.17, 15) is 0 Å². The molecule has 1 heterocycles. The number of nitrogens with one attached hydrogen (secondary N) is 1. The summed E-state index contributed by atoms with van der Waals surface area (Å²) in [4.78, 5) is 0. The molecule has 0 aromatic heterocycles. The van der Waals surface area contributed by atoms with Crippen LogP contribution < -0.4 is 10.1 Å². The van der Waals surface area contributed by atoms with E-state index in [0.717, 1.165) is 11.7 Å². The highest BCUT2D eigenvalue weighted by Crippen LogP contribution is 2.54. The molecule has 3 fully saturated rings. The van der Waals surface area contributed by atoms with E-state index in [-0.39, 0.29) is 0 Å². The fourth-order valence-electron chi connectivity index (χ4n) is 6.25. The van der Waals surface area contributed by atoms with Crippen molar-refractivity contribution < 1.29 is 4.74 Å². The molecule has 1 aromatic rings. The highest BCUT2D eigenvalue weighted by atomic mass is 16.5. The molecule has 4 aliphatic rings. The van der Waals surface area contributed by atoms with Crippen LogP contribution >= 0.6 is 0 Å². The average Bonchev–Trinajstić information content (AvgIpc) is 3.14. The van der Waals surface area contributed by atoms with E-state index < -0.39 is 0 Å². The van der Waals surface area contributed by atoms with E-state index in [1.54, 1.807) is 11.1 Å². The summed E-state index contributed by atoms with van der Waals surface area (Å²) >= 11 is 0. The largest absolute Gasteiger partial charge is 0.486 e. The van der Waals surface area contributed by atoms with E-state index in [1.807, 2.05) is 0 Å². The lowest BCUT2D eigenvalue weighted by atomic mass is 9.53. The summed E-state index contributed by atoms with van der Waals surface area (Å²) in [6.45, 7) is 3.32. The number of hydrogen-bond donors (Lipinski definition) is 1. The SMILES string of the molecule is [CH](Oc1ccc2c(c1)[C@@]13CCCC[C@H]1[C@@H](C2)NCC3)C1CCCC1. The van der Waals surface area contributed by atoms with Crippen LogP contribution in [0.3, 0.4) is 0 Å². The predicted molar refractivity (Wildman–Crippen MR) is 97.1 cm³/mol. The maximum Gasteiger partial charge on any atom is 0.138 e. The van der Waals surface area contributed by atoms with Crippen molar-refractivity contribution in [3.8, 4) is 5.75 Å². The van der Waals surface area contributed by atoms with Crippen LogP contribution in [-0.4, -0.2) is 12.6 Å². The molecule has 3 aliphatic carbocycles. The first kappa shape index (κ1) is 15.3. The number of rotatable bonds is 3. The minimum Gasteiger partial charge on any atom is -0.486 e. The fraction of sp³-hybridized carbons (Fsp3) is 0.682. The first-order valence-electron chi connectivity index (χ1n) is 10.2. The Hall–Kier alpha value is -1.02. The number of piperidine rings is 1. The third-order valence-corrected chi connectivity index (χ3v) is 7.42. The van der Waals surface area contributed by atoms with Gasteiger partial charge >= 0.3 is 0 Å². The molecule has 5 rings (SSSR count). The maximum atomic E-state index is 6.13. The van der Waals surface area contributed by atoms with Gasteiger partial charge in [0.2, 0.25) is 0 Å². The van der Waals surface area contributed by atoms with Crippen molar-refractivity contribution in [3.63, 3.8) is 0 Å². The Labute approximate surface area is 146 Å². The predicted octanol–water partition coefficient (Wildman–Crippen LogP) is 4.76. The maximum absolute atomic E-state index is 6.13. The van der Waals surface area contributed by atoms with E-state index in [2.05, 4.69) is 30.1 Å². The third-order valence-electron chi connectivity index (χ3n) is 7.42. The van der Waals surface area contributed by atoms with Crippen molar-refractivity contribution in [3.05, 3.63) is 35.9 Å². The summed E-state index contributed by atoms with van der Waals surface area (Å²) in [5, 5.41) is 3.82. The Morgan fingerprint density at radius 1 is 1.04 bits per heavy atom. The van der Waals surface area contributed by atoms with Gasteiger partial charge in [0.15, 0.2) is 0 Å². The summed E-state index contributed by atoms with van der Waals surface area (Å²) < 4.78 is 6.13. The van der Waals surface area contributed by atoms with Crippen molar-refractivity contribution in [1.82, 2.24) is 5.32 Å². The molecular formula is C22H30NO. The molecule has 2 nitrogen and oxygen atoms in total. The first-order chi connectivity index (χ1) is 11.9. The molecule has 0 unspecified atom stereocenters. The Morgan fingerprint density at radius 2 is 1.92 bits per heavy atom. The molecule has 1 aromatic carbocycles. The molecule has 0 amide bonds. The fourth-order valence-corrected chi connectivity index (χ4v) is 6.25. The van der Waals surface area contributed by atoms with Crippen LogP contribution in [0, 0.1) is 18.4 Å². The van der Waals surface area contributed by atoms with Crippen LogP contribution in [0.1, 0.15) is 68.9 Å². The van der Waals surface area contributed by atoms with Crippen molar-refractivity contribution in [2.24, 2.45) is 11.8 Å². The minimum atomic E-state index is 0.439. The van der Waals surface area contributed by atoms with Crippen LogP contribution in [0.4, 0.5) is 0 Å². The van der Waals surface area contributed by atoms with Crippen molar-refractivity contribution >= 4 is 0 Å². The van der Waals surface area contributed by atoms with Gasteiger partial charge in [0.25, 0.3) is 0 Å². The lowest BCUT2D eigenvalue weighted by Gasteiger charge is -2.56. The topological polar surface area (TPSA) is 21.3 Å². The van der Waals surface area contributed by atoms with Crippen LogP contribution in [0.2, 0.25) is 0 Å². The molecule has 129 valence electrons. The van der Waals surface area contributed by atoms with Crippen molar-refractivity contribution in [2.75, 3.05) is 6.54 Å². The quantitative estimate of drug-likeness (QED) is 0.865. The van der Waals surface area contributed by atoms with Gasteiger partial charge in [-0.25, -0.2) is 0 Å². The second-order valence-corrected chi connectivity index (χ2v) is 8.64. The molecule has 2 heteroatoms. The van der Waals surface area contributed by atoms with Crippen LogP contribution in [-0.2, 0) is 11.8 Å². The van der Waals surface area contributed by atoms with Gasteiger partial charge in [-0.15, -0.1) is 0 Å². The number of hydrogen-bond acceptors (Lipinski definition) is 2. The lowest BCUT2D eigenvalue weighted by Crippen LogP contribution is -2.59. The van der Waals surface area contributed by atoms with Gasteiger partial charge in [-0.2, -0.15) is 0 Å². The highest BCUT2D eigenvalue weighted by Gasteiger charge is 2.51. The zero-order valence-corrected chi connectivity index (χ0v) is 14.7. The standard InChI is InChI=1S/C22H30NO/c1-2-6-16(5-1)15-24-18-9-8-17-13-21-19-7-3-4-10-22(19,11-12-23-21)20(17)14-18/h8-9,14-16,19,21,23H,1-7,10-13H2/t19-,21+,22+/m0/s1. The zero-order valence-electron chi connectivity index (χ0n) is 14.7. The summed E-state index contributed by atoms with van der Waals surface area (Å²) in [6, 6.07) is 7.70. The highest BCUT2D eigenvalue weighted by molar-refractivity contribution is 5.45. The molecule has 24 heavy (non-hydrogen) atoms. The second-order valence-electron chi connectivity index (χ2n) is 8.64. The molecule has 3 atom stereocenters. The molecule has 1 saturated heterocycles. The number of ether oxygens (including phenoxy) is 1. The van der Waals surface area contributed by atoms with Gasteiger partial charge in [0.05, 0.1) is 0 Å². The number of fused-ring (bicyclic) bond motifs is 1. The Bertz CT molecular complexity index is 602. The average molecular weight is 324 g/mol. The van der Waals surface area contributed by atoms with Gasteiger partial charge in [-0.3, -0.25) is 0 Å². The molecular weight excluding hydrogens is 294 g/mol. The normalized spacial score (nSPS) is 35.3. The second kappa shape index (κ2) is 6.05. The molecule has 1 radical (unpaired) electrons. The monoisotopic (exact) mass is 324 g/mol.